The second-order valence-electron chi connectivity index (χ2n) is 6.94. The Morgan fingerprint density at radius 3 is 2.80 bits per heavy atom. The van der Waals surface area contributed by atoms with Gasteiger partial charge in [-0.2, -0.15) is 0 Å². The summed E-state index contributed by atoms with van der Waals surface area (Å²) in [5, 5.41) is 3.21. The molecule has 2 atom stereocenters. The minimum Gasteiger partial charge on any atom is -0.480 e. The zero-order valence-electron chi connectivity index (χ0n) is 15.3. The van der Waals surface area contributed by atoms with Crippen molar-refractivity contribution < 1.29 is 9.53 Å². The number of ether oxygens (including phenoxy) is 1. The number of aryl methyl sites for hydroxylation is 3. The van der Waals surface area contributed by atoms with E-state index in [2.05, 4.69) is 36.5 Å². The lowest BCUT2D eigenvalue weighted by Gasteiger charge is -2.28. The highest BCUT2D eigenvalue weighted by molar-refractivity contribution is 5.81. The summed E-state index contributed by atoms with van der Waals surface area (Å²) >= 11 is 0. The minimum absolute atomic E-state index is 0.0239. The molecule has 3 heteroatoms. The number of hydrogen-bond donors (Lipinski definition) is 1. The summed E-state index contributed by atoms with van der Waals surface area (Å²) in [6, 6.07) is 14.6. The number of fused-ring (bicyclic) bond motifs is 1. The molecule has 3 nitrogen and oxygen atoms in total. The molecule has 0 spiro atoms. The molecule has 2 aromatic carbocycles. The van der Waals surface area contributed by atoms with Gasteiger partial charge in [0.25, 0.3) is 5.91 Å². The second-order valence-corrected chi connectivity index (χ2v) is 6.94. The number of hydrogen-bond acceptors (Lipinski definition) is 2. The average Bonchev–Trinajstić information content (AvgIpc) is 2.61. The van der Waals surface area contributed by atoms with E-state index in [9.17, 15) is 4.79 Å². The first-order valence-electron chi connectivity index (χ1n) is 9.20. The molecule has 1 aliphatic rings. The fourth-order valence-corrected chi connectivity index (χ4v) is 3.58. The third-order valence-corrected chi connectivity index (χ3v) is 4.95. The lowest BCUT2D eigenvalue weighted by atomic mass is 9.87. The molecule has 2 aromatic rings. The van der Waals surface area contributed by atoms with Gasteiger partial charge in [0.1, 0.15) is 5.75 Å². The van der Waals surface area contributed by atoms with E-state index >= 15 is 0 Å². The van der Waals surface area contributed by atoms with Crippen LogP contribution in [0.15, 0.2) is 42.5 Å². The van der Waals surface area contributed by atoms with Crippen LogP contribution in [0.3, 0.4) is 0 Å². The number of carbonyl (C=O) groups excluding carboxylic acids is 1. The number of nitrogens with one attached hydrogen (secondary N) is 1. The largest absolute Gasteiger partial charge is 0.480 e. The first-order valence-corrected chi connectivity index (χ1v) is 9.20. The molecule has 0 radical (unpaired) electrons. The van der Waals surface area contributed by atoms with Crippen LogP contribution in [0.25, 0.3) is 0 Å². The molecule has 0 aliphatic heterocycles. The second kappa shape index (κ2) is 7.73. The molecule has 0 saturated carbocycles. The molecule has 0 unspecified atom stereocenters. The topological polar surface area (TPSA) is 38.3 Å². The van der Waals surface area contributed by atoms with E-state index in [0.29, 0.717) is 6.42 Å². The van der Waals surface area contributed by atoms with Crippen molar-refractivity contribution in [3.63, 3.8) is 0 Å². The Kier molecular flexibility index (Phi) is 5.42. The predicted octanol–water partition coefficient (Wildman–Crippen LogP) is 4.65. The molecule has 0 fully saturated rings. The highest BCUT2D eigenvalue weighted by atomic mass is 16.5. The number of rotatable bonds is 5. The van der Waals surface area contributed by atoms with Crippen LogP contribution in [-0.4, -0.2) is 12.0 Å². The van der Waals surface area contributed by atoms with E-state index in [1.54, 1.807) is 0 Å². The molecular formula is C22H27NO2. The Morgan fingerprint density at radius 1 is 1.24 bits per heavy atom. The molecule has 0 heterocycles. The van der Waals surface area contributed by atoms with Crippen molar-refractivity contribution in [2.45, 2.75) is 58.6 Å². The van der Waals surface area contributed by atoms with E-state index in [-0.39, 0.29) is 11.9 Å². The maximum absolute atomic E-state index is 12.8. The molecule has 1 N–H and O–H groups in total. The highest BCUT2D eigenvalue weighted by Gasteiger charge is 2.26. The van der Waals surface area contributed by atoms with Crippen molar-refractivity contribution in [2.24, 2.45) is 0 Å². The van der Waals surface area contributed by atoms with Gasteiger partial charge in [0.05, 0.1) is 6.04 Å². The van der Waals surface area contributed by atoms with Crippen molar-refractivity contribution in [1.82, 2.24) is 5.32 Å². The van der Waals surface area contributed by atoms with Gasteiger partial charge < -0.3 is 10.1 Å². The summed E-state index contributed by atoms with van der Waals surface area (Å²) in [5.41, 5.74) is 4.86. The summed E-state index contributed by atoms with van der Waals surface area (Å²) in [7, 11) is 0. The quantitative estimate of drug-likeness (QED) is 0.862. The van der Waals surface area contributed by atoms with Crippen LogP contribution in [-0.2, 0) is 11.2 Å². The van der Waals surface area contributed by atoms with Crippen LogP contribution in [0.1, 0.15) is 54.5 Å². The van der Waals surface area contributed by atoms with Gasteiger partial charge in [-0.05, 0) is 62.3 Å². The third-order valence-electron chi connectivity index (χ3n) is 4.95. The summed E-state index contributed by atoms with van der Waals surface area (Å²) in [4.78, 5) is 12.8. The Bertz CT molecular complexity index is 753. The van der Waals surface area contributed by atoms with Gasteiger partial charge in [0, 0.05) is 0 Å². The van der Waals surface area contributed by atoms with Crippen LogP contribution in [0, 0.1) is 13.8 Å². The fourth-order valence-electron chi connectivity index (χ4n) is 3.58. The maximum atomic E-state index is 12.8. The van der Waals surface area contributed by atoms with Crippen LogP contribution in [0.4, 0.5) is 0 Å². The molecule has 132 valence electrons. The first-order chi connectivity index (χ1) is 12.1. The van der Waals surface area contributed by atoms with Gasteiger partial charge in [-0.15, -0.1) is 0 Å². The smallest absolute Gasteiger partial charge is 0.261 e. The lowest BCUT2D eigenvalue weighted by Crippen LogP contribution is -2.41. The molecule has 0 saturated heterocycles. The van der Waals surface area contributed by atoms with Gasteiger partial charge in [-0.3, -0.25) is 4.79 Å². The van der Waals surface area contributed by atoms with E-state index in [1.165, 1.54) is 16.7 Å². The SMILES string of the molecule is CC[C@H](Oc1ccc(C)cc1C)C(=O)N[C@@H]1CCCc2ccccc21. The van der Waals surface area contributed by atoms with E-state index in [0.717, 1.165) is 30.6 Å². The minimum atomic E-state index is -0.463. The predicted molar refractivity (Wildman–Crippen MR) is 101 cm³/mol. The molecule has 0 aromatic heterocycles. The van der Waals surface area contributed by atoms with Crippen molar-refractivity contribution in [1.29, 1.82) is 0 Å². The van der Waals surface area contributed by atoms with Crippen molar-refractivity contribution in [3.8, 4) is 5.75 Å². The summed E-state index contributed by atoms with van der Waals surface area (Å²) < 4.78 is 6.03. The van der Waals surface area contributed by atoms with Gasteiger partial charge in [-0.1, -0.05) is 48.9 Å². The number of amides is 1. The van der Waals surface area contributed by atoms with Crippen LogP contribution < -0.4 is 10.1 Å². The molecule has 25 heavy (non-hydrogen) atoms. The monoisotopic (exact) mass is 337 g/mol. The zero-order chi connectivity index (χ0) is 17.8. The third kappa shape index (κ3) is 4.04. The average molecular weight is 337 g/mol. The van der Waals surface area contributed by atoms with Gasteiger partial charge in [0.2, 0.25) is 0 Å². The normalized spacial score (nSPS) is 17.5. The van der Waals surface area contributed by atoms with Gasteiger partial charge in [0.15, 0.2) is 6.10 Å². The van der Waals surface area contributed by atoms with Gasteiger partial charge >= 0.3 is 0 Å². The Balaban J connectivity index is 1.71. The van der Waals surface area contributed by atoms with E-state index in [1.807, 2.05) is 32.0 Å². The van der Waals surface area contributed by atoms with E-state index < -0.39 is 6.10 Å². The lowest BCUT2D eigenvalue weighted by molar-refractivity contribution is -0.129. The molecule has 0 bridgehead atoms. The maximum Gasteiger partial charge on any atom is 0.261 e. The zero-order valence-corrected chi connectivity index (χ0v) is 15.3. The van der Waals surface area contributed by atoms with Gasteiger partial charge in [-0.25, -0.2) is 0 Å². The summed E-state index contributed by atoms with van der Waals surface area (Å²) in [5.74, 6) is 0.765. The highest BCUT2D eigenvalue weighted by Crippen LogP contribution is 2.30. The standard InChI is InChI=1S/C22H27NO2/c1-4-20(25-21-13-12-15(2)14-16(21)3)22(24)23-19-11-7-9-17-8-5-6-10-18(17)19/h5-6,8,10,12-14,19-20H,4,7,9,11H2,1-3H3,(H,23,24)/t19-,20+/m1/s1. The van der Waals surface area contributed by atoms with Crippen molar-refractivity contribution in [2.75, 3.05) is 0 Å². The Hall–Kier alpha value is -2.29. The first kappa shape index (κ1) is 17.5. The van der Waals surface area contributed by atoms with Crippen molar-refractivity contribution in [3.05, 3.63) is 64.7 Å². The van der Waals surface area contributed by atoms with Crippen molar-refractivity contribution >= 4 is 5.91 Å². The molecule has 1 aliphatic carbocycles. The van der Waals surface area contributed by atoms with Crippen LogP contribution >= 0.6 is 0 Å². The summed E-state index contributed by atoms with van der Waals surface area (Å²) in [6.45, 7) is 6.06. The molecule has 1 amide bonds. The molecule has 3 rings (SSSR count). The number of benzene rings is 2. The summed E-state index contributed by atoms with van der Waals surface area (Å²) in [6.07, 6.45) is 3.38. The van der Waals surface area contributed by atoms with Crippen LogP contribution in [0.5, 0.6) is 5.75 Å². The van der Waals surface area contributed by atoms with E-state index in [4.69, 9.17) is 4.74 Å². The molecular weight excluding hydrogens is 310 g/mol. The number of carbonyl (C=O) groups is 1. The van der Waals surface area contributed by atoms with Crippen LogP contribution in [0.2, 0.25) is 0 Å². The fraction of sp³-hybridized carbons (Fsp3) is 0.409. The Labute approximate surface area is 150 Å². The Morgan fingerprint density at radius 2 is 2.04 bits per heavy atom.